The van der Waals surface area contributed by atoms with Gasteiger partial charge in [-0.2, -0.15) is 4.98 Å². The molecule has 1 atom stereocenters. The predicted octanol–water partition coefficient (Wildman–Crippen LogP) is 3.81. The topological polar surface area (TPSA) is 115 Å². The average molecular weight is 534 g/mol. The van der Waals surface area contributed by atoms with Crippen molar-refractivity contribution in [3.05, 3.63) is 73.1 Å². The van der Waals surface area contributed by atoms with Crippen molar-refractivity contribution < 1.29 is 9.50 Å². The number of aliphatic hydroxyl groups is 1. The van der Waals surface area contributed by atoms with Gasteiger partial charge in [-0.3, -0.25) is 0 Å². The number of piperazine rings is 1. The maximum atomic E-state index is 13.9. The quantitative estimate of drug-likeness (QED) is 0.292. The molecule has 1 saturated heterocycles. The number of hydrogen-bond donors (Lipinski definition) is 3. The van der Waals surface area contributed by atoms with Crippen molar-refractivity contribution in [2.75, 3.05) is 53.2 Å². The van der Waals surface area contributed by atoms with Gasteiger partial charge in [0.2, 0.25) is 17.8 Å². The Morgan fingerprint density at radius 3 is 2.24 bits per heavy atom. The molecular formula is C26H28FN9OS. The highest BCUT2D eigenvalue weighted by molar-refractivity contribution is 7.99. The highest BCUT2D eigenvalue weighted by atomic mass is 32.2. The Morgan fingerprint density at radius 2 is 1.55 bits per heavy atom. The Morgan fingerprint density at radius 1 is 0.895 bits per heavy atom. The minimum absolute atomic E-state index is 0.256. The number of nitrogens with zero attached hydrogens (tertiary/aromatic N) is 7. The molecule has 1 aliphatic heterocycles. The average Bonchev–Trinajstić information content (AvgIpc) is 2.95. The molecule has 0 saturated carbocycles. The van der Waals surface area contributed by atoms with Crippen molar-refractivity contribution in [1.29, 1.82) is 0 Å². The van der Waals surface area contributed by atoms with E-state index in [2.05, 4.69) is 45.4 Å². The summed E-state index contributed by atoms with van der Waals surface area (Å²) in [4.78, 5) is 27.8. The molecule has 0 radical (unpaired) electrons. The van der Waals surface area contributed by atoms with Crippen LogP contribution in [-0.2, 0) is 0 Å². The Hall–Kier alpha value is -4.03. The number of halogens is 1. The van der Waals surface area contributed by atoms with Crippen LogP contribution in [0.15, 0.2) is 77.0 Å². The highest BCUT2D eigenvalue weighted by Crippen LogP contribution is 2.29. The first-order valence-electron chi connectivity index (χ1n) is 12.3. The molecule has 4 aromatic rings. The maximum Gasteiger partial charge on any atom is 0.231 e. The Kier molecular flexibility index (Phi) is 8.09. The van der Waals surface area contributed by atoms with Gasteiger partial charge in [-0.25, -0.2) is 24.3 Å². The number of rotatable bonds is 9. The van der Waals surface area contributed by atoms with Gasteiger partial charge in [0.25, 0.3) is 0 Å². The summed E-state index contributed by atoms with van der Waals surface area (Å²) in [5.41, 5.74) is 1.77. The van der Waals surface area contributed by atoms with Gasteiger partial charge in [-0.1, -0.05) is 23.9 Å². The van der Waals surface area contributed by atoms with Crippen molar-refractivity contribution in [2.24, 2.45) is 0 Å². The van der Waals surface area contributed by atoms with Crippen molar-refractivity contribution in [3.63, 3.8) is 0 Å². The lowest BCUT2D eigenvalue weighted by atomic mass is 10.2. The van der Waals surface area contributed by atoms with E-state index in [1.54, 1.807) is 31.5 Å². The summed E-state index contributed by atoms with van der Waals surface area (Å²) in [5, 5.41) is 15.8. The van der Waals surface area contributed by atoms with Crippen molar-refractivity contribution in [1.82, 2.24) is 24.9 Å². The molecule has 2 aromatic heterocycles. The molecule has 0 amide bonds. The normalized spacial score (nSPS) is 14.3. The fourth-order valence-electron chi connectivity index (χ4n) is 3.85. The molecule has 3 N–H and O–H groups in total. The monoisotopic (exact) mass is 533 g/mol. The molecular weight excluding hydrogens is 505 g/mol. The first-order chi connectivity index (χ1) is 18.5. The van der Waals surface area contributed by atoms with Gasteiger partial charge >= 0.3 is 0 Å². The van der Waals surface area contributed by atoms with Crippen LogP contribution < -0.4 is 20.4 Å². The van der Waals surface area contributed by atoms with Crippen LogP contribution in [0.2, 0.25) is 0 Å². The summed E-state index contributed by atoms with van der Waals surface area (Å²) in [7, 11) is 0. The fraction of sp³-hybridized carbons (Fsp3) is 0.269. The first-order valence-corrected chi connectivity index (χ1v) is 13.1. The molecule has 0 bridgehead atoms. The number of aromatic nitrogens is 5. The summed E-state index contributed by atoms with van der Waals surface area (Å²) < 4.78 is 13.9. The van der Waals surface area contributed by atoms with E-state index in [4.69, 9.17) is 0 Å². The molecule has 38 heavy (non-hydrogen) atoms. The van der Waals surface area contributed by atoms with E-state index in [0.29, 0.717) is 42.4 Å². The van der Waals surface area contributed by atoms with Gasteiger partial charge in [0, 0.05) is 66.3 Å². The van der Waals surface area contributed by atoms with E-state index in [0.717, 1.165) is 29.4 Å². The molecule has 196 valence electrons. The molecule has 1 fully saturated rings. The van der Waals surface area contributed by atoms with Crippen molar-refractivity contribution >= 4 is 41.0 Å². The van der Waals surface area contributed by atoms with Gasteiger partial charge in [-0.15, -0.1) is 0 Å². The van der Waals surface area contributed by atoms with E-state index >= 15 is 0 Å². The summed E-state index contributed by atoms with van der Waals surface area (Å²) in [5.74, 6) is 1.46. The Labute approximate surface area is 224 Å². The zero-order valence-corrected chi connectivity index (χ0v) is 21.6. The van der Waals surface area contributed by atoms with Gasteiger partial charge < -0.3 is 25.5 Å². The molecule has 12 heteroatoms. The van der Waals surface area contributed by atoms with Crippen LogP contribution in [0.25, 0.3) is 0 Å². The zero-order valence-electron chi connectivity index (χ0n) is 20.8. The number of aliphatic hydroxyl groups excluding tert-OH is 1. The van der Waals surface area contributed by atoms with Crippen molar-refractivity contribution in [2.45, 2.75) is 22.8 Å². The third-order valence-corrected chi connectivity index (χ3v) is 6.82. The summed E-state index contributed by atoms with van der Waals surface area (Å²) in [6, 6.07) is 14.4. The third-order valence-electron chi connectivity index (χ3n) is 5.83. The SMILES string of the molecule is C[C@@H](O)CNc1ccc(Nc2ncnc(N3CCN(c4ncc(Sc5ccccc5F)cn4)CC3)n2)cc1. The molecule has 1 aliphatic rings. The molecule has 2 aromatic carbocycles. The number of nitrogens with one attached hydrogen (secondary N) is 2. The molecule has 5 rings (SSSR count). The van der Waals surface area contributed by atoms with Gasteiger partial charge in [0.05, 0.1) is 6.10 Å². The largest absolute Gasteiger partial charge is 0.392 e. The van der Waals surface area contributed by atoms with E-state index < -0.39 is 6.10 Å². The third kappa shape index (κ3) is 6.64. The smallest absolute Gasteiger partial charge is 0.231 e. The number of hydrogen-bond acceptors (Lipinski definition) is 11. The van der Waals surface area contributed by atoms with E-state index in [-0.39, 0.29) is 5.82 Å². The van der Waals surface area contributed by atoms with Crippen LogP contribution in [0.3, 0.4) is 0 Å². The van der Waals surface area contributed by atoms with E-state index in [9.17, 15) is 9.50 Å². The Balaban J connectivity index is 1.15. The summed E-state index contributed by atoms with van der Waals surface area (Å²) in [6.45, 7) is 5.08. The molecule has 0 aliphatic carbocycles. The van der Waals surface area contributed by atoms with Crippen LogP contribution in [0, 0.1) is 5.82 Å². The molecule has 0 unspecified atom stereocenters. The highest BCUT2D eigenvalue weighted by Gasteiger charge is 2.21. The lowest BCUT2D eigenvalue weighted by Crippen LogP contribution is -2.47. The van der Waals surface area contributed by atoms with Gasteiger partial charge in [-0.05, 0) is 43.3 Å². The number of benzene rings is 2. The van der Waals surface area contributed by atoms with Crippen molar-refractivity contribution in [3.8, 4) is 0 Å². The summed E-state index contributed by atoms with van der Waals surface area (Å²) in [6.07, 6.45) is 4.55. The molecule has 0 spiro atoms. The lowest BCUT2D eigenvalue weighted by Gasteiger charge is -2.34. The minimum atomic E-state index is -0.414. The van der Waals surface area contributed by atoms with Gasteiger partial charge in [0.15, 0.2) is 0 Å². The fourth-order valence-corrected chi connectivity index (χ4v) is 4.63. The van der Waals surface area contributed by atoms with E-state index in [1.165, 1.54) is 24.2 Å². The van der Waals surface area contributed by atoms with Gasteiger partial charge in [0.1, 0.15) is 12.1 Å². The van der Waals surface area contributed by atoms with Crippen LogP contribution in [0.1, 0.15) is 6.92 Å². The lowest BCUT2D eigenvalue weighted by molar-refractivity contribution is 0.208. The maximum absolute atomic E-state index is 13.9. The van der Waals surface area contributed by atoms with E-state index in [1.807, 2.05) is 30.3 Å². The van der Waals surface area contributed by atoms with Crippen LogP contribution >= 0.6 is 11.8 Å². The predicted molar refractivity (Wildman–Crippen MR) is 147 cm³/mol. The Bertz CT molecular complexity index is 1330. The first kappa shape index (κ1) is 25.6. The standard InChI is InChI=1S/C26H28FN9OS/c1-18(37)14-28-19-6-8-20(9-7-19)33-24-31-17-32-26(34-24)36-12-10-35(11-13-36)25-29-15-21(16-30-25)38-23-5-3-2-4-22(23)27/h2-9,15-18,28,37H,10-14H2,1H3,(H,31,32,33,34)/t18-/m1/s1. The molecule has 3 heterocycles. The second-order valence-corrected chi connectivity index (χ2v) is 9.88. The van der Waals surface area contributed by atoms with Crippen LogP contribution in [0.4, 0.5) is 33.6 Å². The van der Waals surface area contributed by atoms with Crippen LogP contribution in [-0.4, -0.2) is 68.9 Å². The van der Waals surface area contributed by atoms with Crippen LogP contribution in [0.5, 0.6) is 0 Å². The zero-order chi connectivity index (χ0) is 26.3. The second kappa shape index (κ2) is 12.0. The second-order valence-electron chi connectivity index (χ2n) is 8.77. The number of anilines is 5. The summed E-state index contributed by atoms with van der Waals surface area (Å²) >= 11 is 1.31. The minimum Gasteiger partial charge on any atom is -0.392 e. The molecule has 10 nitrogen and oxygen atoms in total.